The molecule has 3 rings (SSSR count). The molecule has 7 N–H and O–H groups in total. The maximum atomic E-state index is 6.17. The molecule has 26 heavy (non-hydrogen) atoms. The molecule has 11 heteroatoms. The summed E-state index contributed by atoms with van der Waals surface area (Å²) in [6.45, 7) is 3.51. The van der Waals surface area contributed by atoms with Crippen molar-refractivity contribution >= 4 is 24.4 Å². The lowest BCUT2D eigenvalue weighted by atomic mass is 9.93. The number of nitrogens with zero attached hydrogens (tertiary/aromatic N) is 4. The third kappa shape index (κ3) is 4.48. The Morgan fingerprint density at radius 2 is 2.08 bits per heavy atom. The summed E-state index contributed by atoms with van der Waals surface area (Å²) in [4.78, 5) is 6.51. The van der Waals surface area contributed by atoms with Crippen molar-refractivity contribution in [3.8, 4) is 0 Å². The zero-order valence-electron chi connectivity index (χ0n) is 14.5. The monoisotopic (exact) mass is 393 g/mol. The summed E-state index contributed by atoms with van der Waals surface area (Å²) in [5.41, 5.74) is 6.99. The van der Waals surface area contributed by atoms with Gasteiger partial charge < -0.3 is 16.5 Å². The second kappa shape index (κ2) is 7.56. The van der Waals surface area contributed by atoms with Gasteiger partial charge in [0.15, 0.2) is 5.82 Å². The van der Waals surface area contributed by atoms with Crippen molar-refractivity contribution in [3.63, 3.8) is 0 Å². The smallest absolute Gasteiger partial charge is 0.214 e. The van der Waals surface area contributed by atoms with E-state index in [9.17, 15) is 0 Å². The summed E-state index contributed by atoms with van der Waals surface area (Å²) in [7, 11) is 0. The topological polar surface area (TPSA) is 133 Å². The molecule has 2 heterocycles. The Hall–Kier alpha value is -2.24. The number of nitrogens with two attached hydrogens (primary N) is 2. The van der Waals surface area contributed by atoms with E-state index in [-0.39, 0.29) is 5.54 Å². The van der Waals surface area contributed by atoms with Gasteiger partial charge in [-0.3, -0.25) is 15.3 Å². The van der Waals surface area contributed by atoms with Crippen LogP contribution in [0.15, 0.2) is 23.9 Å². The summed E-state index contributed by atoms with van der Waals surface area (Å²) in [6, 6.07) is 0. The Labute approximate surface area is 161 Å². The van der Waals surface area contributed by atoms with Crippen LogP contribution in [0.5, 0.6) is 0 Å². The van der Waals surface area contributed by atoms with E-state index in [0.717, 1.165) is 37.5 Å². The number of aromatic amines is 3. The molecular formula is C15H23N9S2. The van der Waals surface area contributed by atoms with Gasteiger partial charge in [0.25, 0.3) is 0 Å². The Bertz CT molecular complexity index is 927. The molecular weight excluding hydrogens is 370 g/mol. The molecule has 1 aliphatic carbocycles. The molecule has 140 valence electrons. The number of nitrogens with one attached hydrogen (secondary N) is 3. The lowest BCUT2D eigenvalue weighted by molar-refractivity contribution is 0.350. The summed E-state index contributed by atoms with van der Waals surface area (Å²) >= 11 is 10.1. The number of aromatic nitrogens is 6. The van der Waals surface area contributed by atoms with E-state index in [1.54, 1.807) is 0 Å². The highest BCUT2D eigenvalue weighted by Crippen LogP contribution is 2.21. The standard InChI is InChI=1S/C15H23N9S2/c1-15(16)6-2-10(3-7-15)23(8-4-11-18-13(25)21-19-11)9-5-12-20-22-14(26)24(12)17/h2-3,6H,4-5,7-9,16-17H2,1H3,(H,22,26)(H2,18,19,21,25). The first-order valence-corrected chi connectivity index (χ1v) is 9.14. The molecule has 0 amide bonds. The largest absolute Gasteiger partial charge is 0.371 e. The van der Waals surface area contributed by atoms with Crippen molar-refractivity contribution in [1.82, 2.24) is 35.0 Å². The first kappa shape index (κ1) is 18.5. The zero-order valence-corrected chi connectivity index (χ0v) is 16.2. The van der Waals surface area contributed by atoms with E-state index in [1.807, 2.05) is 13.0 Å². The van der Waals surface area contributed by atoms with E-state index in [4.69, 9.17) is 36.0 Å². The van der Waals surface area contributed by atoms with Crippen LogP contribution in [0.2, 0.25) is 0 Å². The number of H-pyrrole nitrogens is 3. The van der Waals surface area contributed by atoms with Gasteiger partial charge in [0.05, 0.1) is 0 Å². The van der Waals surface area contributed by atoms with Gasteiger partial charge in [-0.25, -0.2) is 9.66 Å². The molecule has 1 atom stereocenters. The van der Waals surface area contributed by atoms with Crippen molar-refractivity contribution in [1.29, 1.82) is 0 Å². The van der Waals surface area contributed by atoms with E-state index < -0.39 is 0 Å². The third-order valence-corrected chi connectivity index (χ3v) is 4.78. The fourth-order valence-electron chi connectivity index (χ4n) is 2.75. The highest BCUT2D eigenvalue weighted by molar-refractivity contribution is 7.71. The lowest BCUT2D eigenvalue weighted by Crippen LogP contribution is -2.36. The number of hydrogen-bond donors (Lipinski definition) is 5. The number of hydrogen-bond acceptors (Lipinski definition) is 7. The van der Waals surface area contributed by atoms with Gasteiger partial charge in [-0.2, -0.15) is 5.10 Å². The lowest BCUT2D eigenvalue weighted by Gasteiger charge is -2.30. The predicted molar refractivity (Wildman–Crippen MR) is 105 cm³/mol. The van der Waals surface area contributed by atoms with Crippen LogP contribution in [0, 0.1) is 9.54 Å². The van der Waals surface area contributed by atoms with Gasteiger partial charge in [-0.05, 0) is 43.9 Å². The van der Waals surface area contributed by atoms with Crippen LogP contribution in [0.3, 0.4) is 0 Å². The normalized spacial score (nSPS) is 19.5. The molecule has 0 fully saturated rings. The zero-order chi connectivity index (χ0) is 18.7. The second-order valence-corrected chi connectivity index (χ2v) is 7.36. The van der Waals surface area contributed by atoms with Crippen LogP contribution < -0.4 is 11.6 Å². The fraction of sp³-hybridized carbons (Fsp3) is 0.467. The predicted octanol–water partition coefficient (Wildman–Crippen LogP) is 1.08. The Balaban J connectivity index is 1.71. The molecule has 1 aliphatic rings. The minimum atomic E-state index is -0.304. The van der Waals surface area contributed by atoms with Gasteiger partial charge in [0, 0.05) is 37.2 Å². The molecule has 2 aromatic heterocycles. The van der Waals surface area contributed by atoms with Crippen LogP contribution in [0.1, 0.15) is 25.0 Å². The van der Waals surface area contributed by atoms with E-state index in [1.165, 1.54) is 4.68 Å². The Kier molecular flexibility index (Phi) is 5.39. The van der Waals surface area contributed by atoms with Crippen molar-refractivity contribution in [2.75, 3.05) is 18.9 Å². The molecule has 0 spiro atoms. The van der Waals surface area contributed by atoms with Crippen LogP contribution in [0.25, 0.3) is 0 Å². The summed E-state index contributed by atoms with van der Waals surface area (Å²) in [5.74, 6) is 7.43. The van der Waals surface area contributed by atoms with Crippen LogP contribution in [-0.4, -0.2) is 53.6 Å². The Morgan fingerprint density at radius 3 is 2.65 bits per heavy atom. The van der Waals surface area contributed by atoms with Crippen LogP contribution in [0.4, 0.5) is 0 Å². The highest BCUT2D eigenvalue weighted by Gasteiger charge is 2.19. The quantitative estimate of drug-likeness (QED) is 0.351. The average molecular weight is 394 g/mol. The first-order valence-electron chi connectivity index (χ1n) is 8.32. The van der Waals surface area contributed by atoms with Crippen molar-refractivity contribution in [3.05, 3.63) is 45.1 Å². The third-order valence-electron chi connectivity index (χ3n) is 4.30. The molecule has 0 saturated heterocycles. The first-order chi connectivity index (χ1) is 12.3. The highest BCUT2D eigenvalue weighted by atomic mass is 32.1. The Morgan fingerprint density at radius 1 is 1.31 bits per heavy atom. The maximum absolute atomic E-state index is 6.17. The summed E-state index contributed by atoms with van der Waals surface area (Å²) in [5, 5.41) is 12.7. The molecule has 2 aromatic rings. The number of nitrogen functional groups attached to an aromatic ring is 1. The maximum Gasteiger partial charge on any atom is 0.214 e. The van der Waals surface area contributed by atoms with Gasteiger partial charge in [0.2, 0.25) is 9.54 Å². The van der Waals surface area contributed by atoms with Crippen LogP contribution in [-0.2, 0) is 12.8 Å². The molecule has 0 radical (unpaired) electrons. The molecule has 0 bridgehead atoms. The minimum absolute atomic E-state index is 0.304. The van der Waals surface area contributed by atoms with Gasteiger partial charge in [-0.1, -0.05) is 12.2 Å². The average Bonchev–Trinajstić information content (AvgIpc) is 3.15. The van der Waals surface area contributed by atoms with Gasteiger partial charge in [0.1, 0.15) is 5.82 Å². The van der Waals surface area contributed by atoms with Gasteiger partial charge >= 0.3 is 0 Å². The summed E-state index contributed by atoms with van der Waals surface area (Å²) in [6.07, 6.45) is 8.44. The molecule has 9 nitrogen and oxygen atoms in total. The molecule has 0 aliphatic heterocycles. The fourth-order valence-corrected chi connectivity index (χ4v) is 3.07. The summed E-state index contributed by atoms with van der Waals surface area (Å²) < 4.78 is 2.27. The minimum Gasteiger partial charge on any atom is -0.371 e. The molecule has 0 aromatic carbocycles. The van der Waals surface area contributed by atoms with E-state index in [0.29, 0.717) is 21.8 Å². The number of allylic oxidation sites excluding steroid dienone is 1. The SMILES string of the molecule is CC1(N)C=CC(N(CCc2nc(=S)[nH][nH]2)CCc2n[nH]c(=S)n2N)=CC1. The van der Waals surface area contributed by atoms with Crippen LogP contribution >= 0.6 is 24.4 Å². The number of rotatable bonds is 7. The molecule has 0 saturated carbocycles. The van der Waals surface area contributed by atoms with E-state index in [2.05, 4.69) is 42.4 Å². The van der Waals surface area contributed by atoms with Crippen molar-refractivity contribution in [2.45, 2.75) is 31.7 Å². The van der Waals surface area contributed by atoms with Crippen molar-refractivity contribution < 1.29 is 0 Å². The second-order valence-electron chi connectivity index (χ2n) is 6.59. The van der Waals surface area contributed by atoms with E-state index >= 15 is 0 Å². The van der Waals surface area contributed by atoms with Crippen molar-refractivity contribution in [2.24, 2.45) is 5.73 Å². The van der Waals surface area contributed by atoms with Gasteiger partial charge in [-0.15, -0.1) is 0 Å². The molecule has 1 unspecified atom stereocenters.